The second-order valence-electron chi connectivity index (χ2n) is 4.94. The molecule has 0 atom stereocenters. The topological polar surface area (TPSA) is 40.6 Å². The summed E-state index contributed by atoms with van der Waals surface area (Å²) in [5.74, 6) is -2.19. The van der Waals surface area contributed by atoms with Gasteiger partial charge < -0.3 is 9.80 Å². The third-order valence-electron chi connectivity index (χ3n) is 3.38. The first kappa shape index (κ1) is 16.3. The molecule has 0 spiro atoms. The lowest BCUT2D eigenvalue weighted by molar-refractivity contribution is -0.162. The number of hydrogen-bond donors (Lipinski definition) is 0. The van der Waals surface area contributed by atoms with Crippen LogP contribution in [0.4, 0.5) is 17.6 Å². The lowest BCUT2D eigenvalue weighted by Gasteiger charge is -2.35. The van der Waals surface area contributed by atoms with Gasteiger partial charge in [-0.3, -0.25) is 9.59 Å². The van der Waals surface area contributed by atoms with Gasteiger partial charge >= 0.3 is 6.18 Å². The summed E-state index contributed by atoms with van der Waals surface area (Å²) in [5, 5.41) is 0. The van der Waals surface area contributed by atoms with Gasteiger partial charge in [0.05, 0.1) is 5.56 Å². The van der Waals surface area contributed by atoms with Crippen LogP contribution in [-0.4, -0.2) is 54.0 Å². The number of hydrogen-bond acceptors (Lipinski definition) is 2. The van der Waals surface area contributed by atoms with E-state index in [1.54, 1.807) is 0 Å². The molecule has 1 aliphatic heterocycles. The zero-order valence-corrected chi connectivity index (χ0v) is 11.6. The van der Waals surface area contributed by atoms with Crippen LogP contribution in [0.3, 0.4) is 0 Å². The number of piperazine rings is 1. The molecule has 1 aromatic rings. The van der Waals surface area contributed by atoms with Crippen molar-refractivity contribution in [3.8, 4) is 0 Å². The van der Waals surface area contributed by atoms with E-state index < -0.39 is 30.2 Å². The van der Waals surface area contributed by atoms with Crippen molar-refractivity contribution in [2.45, 2.75) is 12.6 Å². The molecule has 0 bridgehead atoms. The zero-order chi connectivity index (χ0) is 16.3. The standard InChI is InChI=1S/C14H14F4N2O2/c15-11-4-2-1-3-10(11)13(22)20-7-5-19(6-8-20)12(21)9-14(16,17)18/h1-4H,5-9H2. The molecule has 1 saturated heterocycles. The number of halogens is 4. The van der Waals surface area contributed by atoms with Gasteiger partial charge in [0, 0.05) is 26.2 Å². The van der Waals surface area contributed by atoms with E-state index in [1.807, 2.05) is 0 Å². The van der Waals surface area contributed by atoms with Crippen LogP contribution in [0.2, 0.25) is 0 Å². The molecule has 0 aromatic heterocycles. The maximum absolute atomic E-state index is 13.5. The average molecular weight is 318 g/mol. The Kier molecular flexibility index (Phi) is 4.68. The van der Waals surface area contributed by atoms with Gasteiger partial charge in [-0.2, -0.15) is 13.2 Å². The number of carbonyl (C=O) groups is 2. The second kappa shape index (κ2) is 6.33. The molecule has 22 heavy (non-hydrogen) atoms. The van der Waals surface area contributed by atoms with Gasteiger partial charge in [0.2, 0.25) is 5.91 Å². The monoisotopic (exact) mass is 318 g/mol. The molecule has 1 aliphatic rings. The number of rotatable bonds is 2. The van der Waals surface area contributed by atoms with Crippen LogP contribution in [0.15, 0.2) is 24.3 Å². The molecule has 4 nitrogen and oxygen atoms in total. The molecule has 0 aliphatic carbocycles. The zero-order valence-electron chi connectivity index (χ0n) is 11.6. The highest BCUT2D eigenvalue weighted by molar-refractivity contribution is 5.94. The summed E-state index contributed by atoms with van der Waals surface area (Å²) in [5.41, 5.74) is -0.0856. The van der Waals surface area contributed by atoms with Gasteiger partial charge in [0.15, 0.2) is 0 Å². The quantitative estimate of drug-likeness (QED) is 0.783. The second-order valence-corrected chi connectivity index (χ2v) is 4.94. The van der Waals surface area contributed by atoms with Crippen molar-refractivity contribution in [1.29, 1.82) is 0 Å². The van der Waals surface area contributed by atoms with Gasteiger partial charge in [0.1, 0.15) is 12.2 Å². The molecular formula is C14H14F4N2O2. The van der Waals surface area contributed by atoms with E-state index in [0.29, 0.717) is 0 Å². The van der Waals surface area contributed by atoms with Crippen molar-refractivity contribution in [1.82, 2.24) is 9.80 Å². The van der Waals surface area contributed by atoms with Gasteiger partial charge in [0.25, 0.3) is 5.91 Å². The van der Waals surface area contributed by atoms with E-state index >= 15 is 0 Å². The molecule has 0 saturated carbocycles. The summed E-state index contributed by atoms with van der Waals surface area (Å²) in [6.07, 6.45) is -6.05. The minimum Gasteiger partial charge on any atom is -0.339 e. The number of nitrogens with zero attached hydrogens (tertiary/aromatic N) is 2. The Morgan fingerprint density at radius 1 is 1.00 bits per heavy atom. The fraction of sp³-hybridized carbons (Fsp3) is 0.429. The molecule has 2 rings (SSSR count). The summed E-state index contributed by atoms with van der Waals surface area (Å²) >= 11 is 0. The van der Waals surface area contributed by atoms with Crippen molar-refractivity contribution in [3.05, 3.63) is 35.6 Å². The van der Waals surface area contributed by atoms with Crippen LogP contribution < -0.4 is 0 Å². The molecule has 1 heterocycles. The first-order valence-electron chi connectivity index (χ1n) is 6.66. The Morgan fingerprint density at radius 3 is 2.09 bits per heavy atom. The normalized spacial score (nSPS) is 15.8. The smallest absolute Gasteiger partial charge is 0.339 e. The van der Waals surface area contributed by atoms with E-state index in [1.165, 1.54) is 23.1 Å². The maximum atomic E-state index is 13.5. The van der Waals surface area contributed by atoms with Gasteiger partial charge in [-0.15, -0.1) is 0 Å². The minimum absolute atomic E-state index is 0.00903. The molecule has 0 unspecified atom stereocenters. The number of alkyl halides is 3. The van der Waals surface area contributed by atoms with Crippen molar-refractivity contribution < 1.29 is 27.2 Å². The van der Waals surface area contributed by atoms with E-state index in [-0.39, 0.29) is 31.7 Å². The molecule has 2 amide bonds. The Balaban J connectivity index is 1.94. The number of benzene rings is 1. The van der Waals surface area contributed by atoms with Crippen LogP contribution in [0.1, 0.15) is 16.8 Å². The van der Waals surface area contributed by atoms with Crippen molar-refractivity contribution >= 4 is 11.8 Å². The van der Waals surface area contributed by atoms with Gasteiger partial charge in [-0.1, -0.05) is 12.1 Å². The highest BCUT2D eigenvalue weighted by atomic mass is 19.4. The summed E-state index contributed by atoms with van der Waals surface area (Å²) < 4.78 is 50.1. The highest BCUT2D eigenvalue weighted by Gasteiger charge is 2.35. The van der Waals surface area contributed by atoms with Crippen LogP contribution in [-0.2, 0) is 4.79 Å². The largest absolute Gasteiger partial charge is 0.397 e. The highest BCUT2D eigenvalue weighted by Crippen LogP contribution is 2.21. The van der Waals surface area contributed by atoms with Crippen molar-refractivity contribution in [3.63, 3.8) is 0 Å². The number of carbonyl (C=O) groups excluding carboxylic acids is 2. The SMILES string of the molecule is O=C(CC(F)(F)F)N1CCN(C(=O)c2ccccc2F)CC1. The van der Waals surface area contributed by atoms with Crippen molar-refractivity contribution in [2.24, 2.45) is 0 Å². The van der Waals surface area contributed by atoms with Gasteiger partial charge in [-0.25, -0.2) is 4.39 Å². The Hall–Kier alpha value is -2.12. The molecular weight excluding hydrogens is 304 g/mol. The Morgan fingerprint density at radius 2 is 1.55 bits per heavy atom. The Bertz CT molecular complexity index is 566. The molecule has 0 N–H and O–H groups in total. The fourth-order valence-corrected chi connectivity index (χ4v) is 2.25. The van der Waals surface area contributed by atoms with Crippen molar-refractivity contribution in [2.75, 3.05) is 26.2 Å². The summed E-state index contributed by atoms with van der Waals surface area (Å²) in [7, 11) is 0. The van der Waals surface area contributed by atoms with E-state index in [0.717, 1.165) is 11.0 Å². The van der Waals surface area contributed by atoms with E-state index in [4.69, 9.17) is 0 Å². The van der Waals surface area contributed by atoms with Gasteiger partial charge in [-0.05, 0) is 12.1 Å². The molecule has 1 fully saturated rings. The Labute approximate surface area is 124 Å². The average Bonchev–Trinajstić information content (AvgIpc) is 2.45. The first-order chi connectivity index (χ1) is 10.3. The predicted molar refractivity (Wildman–Crippen MR) is 69.6 cm³/mol. The third kappa shape index (κ3) is 3.96. The first-order valence-corrected chi connectivity index (χ1v) is 6.66. The summed E-state index contributed by atoms with van der Waals surface area (Å²) in [6, 6.07) is 5.49. The molecule has 8 heteroatoms. The molecule has 0 radical (unpaired) electrons. The van der Waals surface area contributed by atoms with E-state index in [2.05, 4.69) is 0 Å². The summed E-state index contributed by atoms with van der Waals surface area (Å²) in [4.78, 5) is 26.0. The third-order valence-corrected chi connectivity index (χ3v) is 3.38. The lowest BCUT2D eigenvalue weighted by atomic mass is 10.1. The van der Waals surface area contributed by atoms with Crippen LogP contribution in [0.5, 0.6) is 0 Å². The predicted octanol–water partition coefficient (Wildman–Crippen LogP) is 2.06. The maximum Gasteiger partial charge on any atom is 0.397 e. The minimum atomic E-state index is -4.54. The fourth-order valence-electron chi connectivity index (χ4n) is 2.25. The van der Waals surface area contributed by atoms with Crippen LogP contribution in [0, 0.1) is 5.82 Å². The lowest BCUT2D eigenvalue weighted by Crippen LogP contribution is -2.51. The van der Waals surface area contributed by atoms with Crippen LogP contribution >= 0.6 is 0 Å². The molecule has 1 aromatic carbocycles. The number of amides is 2. The molecule has 120 valence electrons. The van der Waals surface area contributed by atoms with Crippen LogP contribution in [0.25, 0.3) is 0 Å². The summed E-state index contributed by atoms with van der Waals surface area (Å²) in [6.45, 7) is 0.178. The van der Waals surface area contributed by atoms with E-state index in [9.17, 15) is 27.2 Å².